The lowest BCUT2D eigenvalue weighted by Crippen LogP contribution is -1.91. The molecule has 0 saturated heterocycles. The summed E-state index contributed by atoms with van der Waals surface area (Å²) in [5.74, 6) is 0. The molecule has 2 nitrogen and oxygen atoms in total. The Morgan fingerprint density at radius 1 is 0.950 bits per heavy atom. The van der Waals surface area contributed by atoms with E-state index < -0.39 is 0 Å². The molecule has 0 radical (unpaired) electrons. The zero-order valence-electron chi connectivity index (χ0n) is 12.1. The number of rotatable bonds is 2. The molecule has 2 aromatic carbocycles. The minimum absolute atomic E-state index is 0.243. The van der Waals surface area contributed by atoms with E-state index in [2.05, 4.69) is 26.0 Å². The van der Waals surface area contributed by atoms with Gasteiger partial charge in [-0.1, -0.05) is 62.2 Å². The Labute approximate surface area is 125 Å². The number of carbonyl (C=O) groups excluding carboxylic acids is 1. The predicted molar refractivity (Wildman–Crippen MR) is 87.1 cm³/mol. The Morgan fingerprint density at radius 2 is 1.35 bits per heavy atom. The first-order valence-electron chi connectivity index (χ1n) is 6.65. The third-order valence-corrected chi connectivity index (χ3v) is 2.99. The van der Waals surface area contributed by atoms with Crippen molar-refractivity contribution < 1.29 is 9.35 Å². The minimum Gasteiger partial charge on any atom is -0.323 e. The fraction of sp³-hybridized carbons (Fsp3) is 0.235. The van der Waals surface area contributed by atoms with Crippen LogP contribution in [0.4, 0.5) is 0 Å². The molecule has 0 aromatic heterocycles. The van der Waals surface area contributed by atoms with Crippen molar-refractivity contribution in [2.45, 2.75) is 27.2 Å². The highest BCUT2D eigenvalue weighted by atomic mass is 32.2. The second-order valence-corrected chi connectivity index (χ2v) is 5.08. The Balaban J connectivity index is 0.000000612. The zero-order chi connectivity index (χ0) is 15.0. The molecule has 0 aliphatic rings. The third kappa shape index (κ3) is 4.83. The summed E-state index contributed by atoms with van der Waals surface area (Å²) in [4.78, 5) is 11.2. The van der Waals surface area contributed by atoms with E-state index in [1.165, 1.54) is 12.0 Å². The quantitative estimate of drug-likeness (QED) is 0.749. The van der Waals surface area contributed by atoms with Crippen molar-refractivity contribution >= 4 is 17.2 Å². The van der Waals surface area contributed by atoms with Crippen LogP contribution in [0.1, 0.15) is 36.2 Å². The van der Waals surface area contributed by atoms with Gasteiger partial charge in [-0.2, -0.15) is 0 Å². The molecular formula is C17H20O2S. The van der Waals surface area contributed by atoms with Crippen LogP contribution >= 0.6 is 12.0 Å². The molecule has 3 heteroatoms. The number of benzene rings is 2. The zero-order valence-corrected chi connectivity index (χ0v) is 12.9. The first-order valence-corrected chi connectivity index (χ1v) is 7.42. The van der Waals surface area contributed by atoms with Crippen molar-refractivity contribution in [1.29, 1.82) is 0 Å². The van der Waals surface area contributed by atoms with Gasteiger partial charge in [0.25, 0.3) is 0 Å². The average molecular weight is 288 g/mol. The van der Waals surface area contributed by atoms with Crippen LogP contribution in [-0.2, 0) is 0 Å². The van der Waals surface area contributed by atoms with Crippen molar-refractivity contribution in [1.82, 2.24) is 0 Å². The van der Waals surface area contributed by atoms with Gasteiger partial charge in [0.05, 0.1) is 12.0 Å². The van der Waals surface area contributed by atoms with Crippen molar-refractivity contribution in [3.05, 3.63) is 59.7 Å². The molecule has 2 aromatic rings. The number of carbonyl (C=O) groups is 1. The molecule has 0 amide bonds. The van der Waals surface area contributed by atoms with Crippen LogP contribution in [0.25, 0.3) is 11.1 Å². The molecule has 106 valence electrons. The SMILES string of the molecule is CCC.Cc1ccc(-c2ccc(C(=O)SO)cc2)cc1. The van der Waals surface area contributed by atoms with Crippen LogP contribution in [0.3, 0.4) is 0 Å². The van der Waals surface area contributed by atoms with Crippen LogP contribution < -0.4 is 0 Å². The summed E-state index contributed by atoms with van der Waals surface area (Å²) in [5.41, 5.74) is 3.90. The maximum absolute atomic E-state index is 11.2. The molecule has 0 atom stereocenters. The smallest absolute Gasteiger partial charge is 0.245 e. The largest absolute Gasteiger partial charge is 0.323 e. The van der Waals surface area contributed by atoms with Crippen molar-refractivity contribution in [3.63, 3.8) is 0 Å². The van der Waals surface area contributed by atoms with Crippen molar-refractivity contribution in [3.8, 4) is 11.1 Å². The Kier molecular flexibility index (Phi) is 7.05. The summed E-state index contributed by atoms with van der Waals surface area (Å²) in [6, 6.07) is 15.4. The van der Waals surface area contributed by atoms with Crippen LogP contribution in [0.5, 0.6) is 0 Å². The molecular weight excluding hydrogens is 268 g/mol. The minimum atomic E-state index is -0.333. The van der Waals surface area contributed by atoms with E-state index in [9.17, 15) is 4.79 Å². The molecule has 20 heavy (non-hydrogen) atoms. The number of hydrogen-bond acceptors (Lipinski definition) is 3. The highest BCUT2D eigenvalue weighted by Gasteiger charge is 2.05. The fourth-order valence-corrected chi connectivity index (χ4v) is 1.84. The van der Waals surface area contributed by atoms with Gasteiger partial charge in [-0.15, -0.1) is 0 Å². The lowest BCUT2D eigenvalue weighted by Gasteiger charge is -2.03. The summed E-state index contributed by atoms with van der Waals surface area (Å²) >= 11 is 0.243. The molecule has 0 fully saturated rings. The molecule has 1 N–H and O–H groups in total. The molecule has 0 saturated carbocycles. The van der Waals surface area contributed by atoms with E-state index in [-0.39, 0.29) is 17.2 Å². The van der Waals surface area contributed by atoms with Gasteiger partial charge in [0.15, 0.2) is 0 Å². The van der Waals surface area contributed by atoms with E-state index in [1.807, 2.05) is 31.2 Å². The van der Waals surface area contributed by atoms with Crippen LogP contribution in [0.2, 0.25) is 0 Å². The van der Waals surface area contributed by atoms with Gasteiger partial charge in [-0.05, 0) is 30.2 Å². The third-order valence-electron chi connectivity index (χ3n) is 2.59. The van der Waals surface area contributed by atoms with Gasteiger partial charge in [0.2, 0.25) is 5.12 Å². The molecule has 0 aliphatic carbocycles. The first kappa shape index (κ1) is 16.5. The average Bonchev–Trinajstić information content (AvgIpc) is 2.48. The summed E-state index contributed by atoms with van der Waals surface area (Å²) < 4.78 is 8.67. The van der Waals surface area contributed by atoms with E-state index in [0.29, 0.717) is 5.56 Å². The highest BCUT2D eigenvalue weighted by Crippen LogP contribution is 2.21. The fourth-order valence-electron chi connectivity index (χ4n) is 1.60. The van der Waals surface area contributed by atoms with Crippen molar-refractivity contribution in [2.75, 3.05) is 0 Å². The van der Waals surface area contributed by atoms with Gasteiger partial charge < -0.3 is 4.55 Å². The monoisotopic (exact) mass is 288 g/mol. The Bertz CT molecular complexity index is 530. The van der Waals surface area contributed by atoms with Gasteiger partial charge in [0.1, 0.15) is 0 Å². The topological polar surface area (TPSA) is 37.3 Å². The molecule has 2 rings (SSSR count). The van der Waals surface area contributed by atoms with E-state index >= 15 is 0 Å². The summed E-state index contributed by atoms with van der Waals surface area (Å²) in [6.45, 7) is 6.30. The van der Waals surface area contributed by atoms with Gasteiger partial charge in [-0.25, -0.2) is 0 Å². The standard InChI is InChI=1S/C14H12O2S.C3H8/c1-10-2-4-11(5-3-10)12-6-8-13(9-7-12)14(15)17-16;1-3-2/h2-9,16H,1H3;3H2,1-2H3. The first-order chi connectivity index (χ1) is 9.62. The molecule has 0 spiro atoms. The lowest BCUT2D eigenvalue weighted by atomic mass is 10.0. The van der Waals surface area contributed by atoms with Gasteiger partial charge in [-0.3, -0.25) is 4.79 Å². The van der Waals surface area contributed by atoms with Crippen LogP contribution in [-0.4, -0.2) is 9.67 Å². The summed E-state index contributed by atoms with van der Waals surface area (Å²) in [6.07, 6.45) is 1.25. The van der Waals surface area contributed by atoms with Crippen LogP contribution in [0.15, 0.2) is 48.5 Å². The summed E-state index contributed by atoms with van der Waals surface area (Å²) in [7, 11) is 0. The van der Waals surface area contributed by atoms with Crippen molar-refractivity contribution in [2.24, 2.45) is 0 Å². The van der Waals surface area contributed by atoms with E-state index in [1.54, 1.807) is 12.1 Å². The second-order valence-electron chi connectivity index (χ2n) is 4.53. The Morgan fingerprint density at radius 3 is 1.75 bits per heavy atom. The normalized spacial score (nSPS) is 9.60. The summed E-state index contributed by atoms with van der Waals surface area (Å²) in [5, 5.41) is -0.333. The van der Waals surface area contributed by atoms with E-state index in [0.717, 1.165) is 11.1 Å². The van der Waals surface area contributed by atoms with Crippen LogP contribution in [0, 0.1) is 6.92 Å². The highest BCUT2D eigenvalue weighted by molar-refractivity contribution is 8.09. The molecule has 0 unspecified atom stereocenters. The van der Waals surface area contributed by atoms with Gasteiger partial charge >= 0.3 is 0 Å². The maximum atomic E-state index is 11.2. The molecule has 0 bridgehead atoms. The lowest BCUT2D eigenvalue weighted by molar-refractivity contribution is 0.108. The molecule has 0 aliphatic heterocycles. The predicted octanol–water partition coefficient (Wildman–Crippen LogP) is 5.42. The number of aryl methyl sites for hydroxylation is 1. The van der Waals surface area contributed by atoms with E-state index in [4.69, 9.17) is 4.55 Å². The second kappa shape index (κ2) is 8.56. The number of hydrogen-bond donors (Lipinski definition) is 1. The molecule has 0 heterocycles. The van der Waals surface area contributed by atoms with Gasteiger partial charge in [0, 0.05) is 5.56 Å². The maximum Gasteiger partial charge on any atom is 0.245 e. The Hall–Kier alpha value is -1.58.